The number of nitrogens with zero attached hydrogens (tertiary/aromatic N) is 1. The number of aromatic hydroxyl groups is 2. The number of fused-ring (bicyclic) bond motifs is 1. The maximum Gasteiger partial charge on any atom is 0.121 e. The summed E-state index contributed by atoms with van der Waals surface area (Å²) in [4.78, 5) is 0. The van der Waals surface area contributed by atoms with Crippen molar-refractivity contribution in [1.29, 1.82) is 0 Å². The first-order valence-corrected chi connectivity index (χ1v) is 12.5. The Balaban J connectivity index is 1.69. The molecule has 3 aromatic carbocycles. The van der Waals surface area contributed by atoms with E-state index in [0.29, 0.717) is 13.1 Å². The molecule has 5 heteroatoms. The summed E-state index contributed by atoms with van der Waals surface area (Å²) in [7, 11) is 0. The zero-order valence-corrected chi connectivity index (χ0v) is 20.9. The minimum Gasteiger partial charge on any atom is -0.508 e. The van der Waals surface area contributed by atoms with Crippen LogP contribution in [0.15, 0.2) is 66.7 Å². The lowest BCUT2D eigenvalue weighted by Gasteiger charge is -2.33. The van der Waals surface area contributed by atoms with E-state index in [1.807, 2.05) is 36.4 Å². The highest BCUT2D eigenvalue weighted by atomic mass is 16.5. The smallest absolute Gasteiger partial charge is 0.121 e. The zero-order valence-electron chi connectivity index (χ0n) is 20.9. The second kappa shape index (κ2) is 10.4. The van der Waals surface area contributed by atoms with Crippen molar-refractivity contribution in [3.8, 4) is 28.5 Å². The van der Waals surface area contributed by atoms with Gasteiger partial charge in [-0.2, -0.15) is 0 Å². The van der Waals surface area contributed by atoms with E-state index in [9.17, 15) is 10.2 Å². The second-order valence-electron chi connectivity index (χ2n) is 9.44. The lowest BCUT2D eigenvalue weighted by Crippen LogP contribution is -2.43. The van der Waals surface area contributed by atoms with Gasteiger partial charge in [-0.25, -0.2) is 0 Å². The Morgan fingerprint density at radius 1 is 0.857 bits per heavy atom. The van der Waals surface area contributed by atoms with E-state index in [4.69, 9.17) is 10.5 Å². The van der Waals surface area contributed by atoms with Crippen molar-refractivity contribution in [2.75, 3.05) is 6.54 Å². The number of nitrogens with two attached hydrogens (primary N) is 1. The molecular formula is C30H36N2O3. The molecule has 0 saturated carbocycles. The molecule has 4 aromatic rings. The molecule has 0 atom stereocenters. The molecule has 0 bridgehead atoms. The molecule has 0 fully saturated rings. The van der Waals surface area contributed by atoms with Gasteiger partial charge < -0.3 is 25.3 Å². The number of rotatable bonds is 10. The fraction of sp³-hybridized carbons (Fsp3) is 0.333. The highest BCUT2D eigenvalue weighted by Gasteiger charge is 2.29. The van der Waals surface area contributed by atoms with E-state index >= 15 is 0 Å². The Kier molecular flexibility index (Phi) is 7.37. The average molecular weight is 473 g/mol. The summed E-state index contributed by atoms with van der Waals surface area (Å²) in [5, 5.41) is 20.9. The van der Waals surface area contributed by atoms with Crippen LogP contribution in [-0.4, -0.2) is 26.9 Å². The highest BCUT2D eigenvalue weighted by molar-refractivity contribution is 5.92. The van der Waals surface area contributed by atoms with E-state index in [2.05, 4.69) is 37.5 Å². The van der Waals surface area contributed by atoms with Gasteiger partial charge in [0.25, 0.3) is 0 Å². The summed E-state index contributed by atoms with van der Waals surface area (Å²) < 4.78 is 8.71. The van der Waals surface area contributed by atoms with Crippen LogP contribution < -0.4 is 10.5 Å². The summed E-state index contributed by atoms with van der Waals surface area (Å²) in [5.74, 6) is 1.33. The third kappa shape index (κ3) is 5.15. The number of ether oxygens (including phenoxy) is 1. The fourth-order valence-electron chi connectivity index (χ4n) is 5.15. The van der Waals surface area contributed by atoms with Crippen LogP contribution in [0.4, 0.5) is 0 Å². The molecule has 0 saturated heterocycles. The fourth-order valence-corrected chi connectivity index (χ4v) is 5.15. The maximum absolute atomic E-state index is 10.1. The number of aromatic nitrogens is 1. The summed E-state index contributed by atoms with van der Waals surface area (Å²) >= 11 is 0. The Bertz CT molecular complexity index is 1270. The molecule has 1 aromatic heterocycles. The van der Waals surface area contributed by atoms with E-state index < -0.39 is 0 Å². The molecule has 5 nitrogen and oxygen atoms in total. The monoisotopic (exact) mass is 472 g/mol. The van der Waals surface area contributed by atoms with Gasteiger partial charge in [0.1, 0.15) is 22.8 Å². The van der Waals surface area contributed by atoms with Crippen LogP contribution in [0.25, 0.3) is 22.2 Å². The van der Waals surface area contributed by atoms with Crippen molar-refractivity contribution in [3.63, 3.8) is 0 Å². The van der Waals surface area contributed by atoms with Gasteiger partial charge in [-0.05, 0) is 91.1 Å². The van der Waals surface area contributed by atoms with E-state index in [-0.39, 0.29) is 17.1 Å². The molecule has 0 aliphatic rings. The number of benzene rings is 3. The van der Waals surface area contributed by atoms with Gasteiger partial charge in [-0.15, -0.1) is 0 Å². The molecule has 4 rings (SSSR count). The van der Waals surface area contributed by atoms with Gasteiger partial charge in [0, 0.05) is 24.0 Å². The number of hydrogen-bond acceptors (Lipinski definition) is 4. The molecule has 0 radical (unpaired) electrons. The Morgan fingerprint density at radius 3 is 2.09 bits per heavy atom. The third-order valence-corrected chi connectivity index (χ3v) is 6.82. The van der Waals surface area contributed by atoms with Gasteiger partial charge in [0.05, 0.1) is 5.69 Å². The summed E-state index contributed by atoms with van der Waals surface area (Å²) in [6.07, 6.45) is 3.95. The van der Waals surface area contributed by atoms with Crippen molar-refractivity contribution in [1.82, 2.24) is 4.57 Å². The molecular weight excluding hydrogens is 436 g/mol. The largest absolute Gasteiger partial charge is 0.508 e. The molecule has 184 valence electrons. The Morgan fingerprint density at radius 2 is 1.49 bits per heavy atom. The minimum atomic E-state index is -0.313. The topological polar surface area (TPSA) is 80.6 Å². The van der Waals surface area contributed by atoms with Crippen LogP contribution in [0.1, 0.15) is 50.7 Å². The van der Waals surface area contributed by atoms with Crippen LogP contribution in [0.3, 0.4) is 0 Å². The quantitative estimate of drug-likeness (QED) is 0.238. The van der Waals surface area contributed by atoms with Crippen molar-refractivity contribution >= 4 is 10.9 Å². The van der Waals surface area contributed by atoms with E-state index in [1.54, 1.807) is 18.2 Å². The van der Waals surface area contributed by atoms with Crippen LogP contribution in [0, 0.1) is 6.92 Å². The SMILES string of the molecule is CCCC(CN)(CCC)Oc1ccc(Cn2c(-c3ccc(O)cc3)c(C)c3cc(O)ccc32)cc1. The molecule has 0 aliphatic heterocycles. The summed E-state index contributed by atoms with van der Waals surface area (Å²) in [5.41, 5.74) is 11.2. The minimum absolute atomic E-state index is 0.238. The van der Waals surface area contributed by atoms with Crippen LogP contribution in [-0.2, 0) is 6.54 Å². The van der Waals surface area contributed by atoms with Gasteiger partial charge in [-0.1, -0.05) is 38.8 Å². The number of phenols is 2. The van der Waals surface area contributed by atoms with Crippen LogP contribution >= 0.6 is 0 Å². The van der Waals surface area contributed by atoms with Crippen molar-refractivity contribution in [2.45, 2.75) is 58.6 Å². The Labute approximate surface area is 207 Å². The maximum atomic E-state index is 10.1. The lowest BCUT2D eigenvalue weighted by molar-refractivity contribution is 0.0573. The van der Waals surface area contributed by atoms with E-state index in [1.165, 1.54) is 0 Å². The van der Waals surface area contributed by atoms with Gasteiger partial charge in [0.15, 0.2) is 0 Å². The third-order valence-electron chi connectivity index (χ3n) is 6.82. The first-order chi connectivity index (χ1) is 16.9. The predicted octanol–water partition coefficient (Wildman–Crippen LogP) is 6.75. The molecule has 35 heavy (non-hydrogen) atoms. The highest BCUT2D eigenvalue weighted by Crippen LogP contribution is 2.36. The van der Waals surface area contributed by atoms with E-state index in [0.717, 1.165) is 64.7 Å². The summed E-state index contributed by atoms with van der Waals surface area (Å²) in [6.45, 7) is 7.58. The number of phenolic OH excluding ortho intramolecular Hbond substituents is 2. The molecule has 1 heterocycles. The molecule has 0 spiro atoms. The first kappa shape index (κ1) is 24.7. The molecule has 0 aliphatic carbocycles. The average Bonchev–Trinajstić information content (AvgIpc) is 3.11. The van der Waals surface area contributed by atoms with Gasteiger partial charge >= 0.3 is 0 Å². The molecule has 0 amide bonds. The summed E-state index contributed by atoms with van der Waals surface area (Å²) in [6, 6.07) is 21.1. The van der Waals surface area contributed by atoms with Crippen molar-refractivity contribution < 1.29 is 14.9 Å². The predicted molar refractivity (Wildman–Crippen MR) is 143 cm³/mol. The lowest BCUT2D eigenvalue weighted by atomic mass is 9.92. The zero-order chi connectivity index (χ0) is 25.0. The molecule has 4 N–H and O–H groups in total. The number of aryl methyl sites for hydroxylation is 1. The Hall–Kier alpha value is -3.44. The van der Waals surface area contributed by atoms with Gasteiger partial charge in [-0.3, -0.25) is 0 Å². The van der Waals surface area contributed by atoms with Crippen molar-refractivity contribution in [2.24, 2.45) is 5.73 Å². The standard InChI is InChI=1S/C30H36N2O3/c1-4-16-30(20-31,17-5-2)35-26-13-6-22(7-14-26)19-32-28-15-12-25(34)18-27(28)21(3)29(32)23-8-10-24(33)11-9-23/h6-15,18,33-34H,4-5,16-17,19-20,31H2,1-3H3. The molecule has 0 unspecified atom stereocenters. The first-order valence-electron chi connectivity index (χ1n) is 12.5. The van der Waals surface area contributed by atoms with Crippen LogP contribution in [0.2, 0.25) is 0 Å². The van der Waals surface area contributed by atoms with Crippen LogP contribution in [0.5, 0.6) is 17.2 Å². The second-order valence-corrected chi connectivity index (χ2v) is 9.44. The van der Waals surface area contributed by atoms with Gasteiger partial charge in [0.2, 0.25) is 0 Å². The number of hydrogen-bond donors (Lipinski definition) is 3. The normalized spacial score (nSPS) is 11.8. The van der Waals surface area contributed by atoms with Crippen molar-refractivity contribution in [3.05, 3.63) is 77.9 Å².